The van der Waals surface area contributed by atoms with Gasteiger partial charge in [0, 0.05) is 34.3 Å². The molecule has 0 saturated heterocycles. The van der Waals surface area contributed by atoms with Crippen molar-refractivity contribution in [2.75, 3.05) is 17.6 Å². The van der Waals surface area contributed by atoms with Crippen LogP contribution in [0.1, 0.15) is 26.7 Å². The molecule has 7 aromatic rings. The Morgan fingerprint density at radius 1 is 0.744 bits per heavy atom. The lowest BCUT2D eigenvalue weighted by molar-refractivity contribution is 0.619. The molecule has 3 N–H and O–H groups in total. The molecule has 7 rings (SSSR count). The van der Waals surface area contributed by atoms with Gasteiger partial charge in [0.25, 0.3) is 0 Å². The van der Waals surface area contributed by atoms with Crippen LogP contribution in [0, 0.1) is 0 Å². The first-order valence-electron chi connectivity index (χ1n) is 14.1. The fraction of sp³-hybridized carbons (Fsp3) is 0.182. The molecule has 0 aliphatic heterocycles. The van der Waals surface area contributed by atoms with Gasteiger partial charge in [-0.25, -0.2) is 15.0 Å². The van der Waals surface area contributed by atoms with Gasteiger partial charge in [-0.2, -0.15) is 0 Å². The molecular weight excluding hydrogens is 583 g/mol. The van der Waals surface area contributed by atoms with Crippen molar-refractivity contribution in [3.63, 3.8) is 0 Å². The van der Waals surface area contributed by atoms with Gasteiger partial charge in [-0.15, -0.1) is 0 Å². The normalized spacial score (nSPS) is 11.3. The zero-order valence-electron chi connectivity index (χ0n) is 23.8. The number of nitrogens with zero attached hydrogens (tertiary/aromatic N) is 4. The Bertz CT molecular complexity index is 2040. The van der Waals surface area contributed by atoms with Gasteiger partial charge >= 0.3 is 0 Å². The van der Waals surface area contributed by atoms with Crippen molar-refractivity contribution in [1.29, 1.82) is 0 Å². The Labute approximate surface area is 258 Å². The van der Waals surface area contributed by atoms with E-state index in [0.717, 1.165) is 70.4 Å². The van der Waals surface area contributed by atoms with E-state index in [1.54, 1.807) is 24.3 Å². The standard InChI is InChI=1S/C17H14ClN3O.C16H16ClN3O/c1-2-7-21-10-19-13-8-11(3-5-15(13)21)17-20-14-9-12(18)4-6-16(14)22-17;1-2-7-19-13-5-3-10(8-12(13)18)16-20-14-9-11(17)4-6-15(14)21-16/h3-6,8-10H,2,7H2,1H3;3-6,8-9,19H,2,7,18H2,1H3. The van der Waals surface area contributed by atoms with Crippen LogP contribution in [0.3, 0.4) is 0 Å². The molecule has 0 aliphatic carbocycles. The monoisotopic (exact) mass is 612 g/mol. The average Bonchev–Trinajstić information content (AvgIpc) is 3.73. The van der Waals surface area contributed by atoms with Gasteiger partial charge in [0.05, 0.1) is 28.7 Å². The van der Waals surface area contributed by atoms with Crippen molar-refractivity contribution in [3.05, 3.63) is 89.2 Å². The van der Waals surface area contributed by atoms with E-state index < -0.39 is 0 Å². The van der Waals surface area contributed by atoms with Gasteiger partial charge in [0.15, 0.2) is 11.2 Å². The van der Waals surface area contributed by atoms with Crippen LogP contribution in [-0.4, -0.2) is 26.1 Å². The third-order valence-corrected chi connectivity index (χ3v) is 7.37. The zero-order chi connectivity index (χ0) is 29.9. The minimum atomic E-state index is 0.543. The highest BCUT2D eigenvalue weighted by atomic mass is 35.5. The summed E-state index contributed by atoms with van der Waals surface area (Å²) in [5.41, 5.74) is 14.5. The third kappa shape index (κ3) is 6.16. The van der Waals surface area contributed by atoms with Crippen molar-refractivity contribution in [3.8, 4) is 22.9 Å². The largest absolute Gasteiger partial charge is 0.436 e. The summed E-state index contributed by atoms with van der Waals surface area (Å²) in [6.45, 7) is 6.13. The van der Waals surface area contributed by atoms with E-state index in [1.807, 2.05) is 48.8 Å². The van der Waals surface area contributed by atoms with Crippen LogP contribution in [0.25, 0.3) is 56.1 Å². The number of nitrogens with one attached hydrogen (secondary N) is 1. The fourth-order valence-electron chi connectivity index (χ4n) is 4.78. The SMILES string of the molecule is CCCNc1ccc(-c2nc3cc(Cl)ccc3o2)cc1N.CCCn1cnc2cc(-c3nc4cc(Cl)ccc4o3)ccc21. The third-order valence-electron chi connectivity index (χ3n) is 6.90. The van der Waals surface area contributed by atoms with Gasteiger partial charge in [-0.3, -0.25) is 0 Å². The molecule has 0 atom stereocenters. The van der Waals surface area contributed by atoms with Gasteiger partial charge in [-0.1, -0.05) is 37.0 Å². The highest BCUT2D eigenvalue weighted by Gasteiger charge is 2.12. The molecule has 0 spiro atoms. The number of imidazole rings is 1. The first kappa shape index (κ1) is 28.6. The lowest BCUT2D eigenvalue weighted by Gasteiger charge is -2.08. The number of nitrogens with two attached hydrogens (primary N) is 1. The highest BCUT2D eigenvalue weighted by Crippen LogP contribution is 2.31. The van der Waals surface area contributed by atoms with Crippen molar-refractivity contribution < 1.29 is 8.83 Å². The number of benzene rings is 4. The maximum Gasteiger partial charge on any atom is 0.227 e. The molecule has 0 fully saturated rings. The molecule has 4 aromatic carbocycles. The molecule has 3 aromatic heterocycles. The number of aromatic nitrogens is 4. The lowest BCUT2D eigenvalue weighted by Crippen LogP contribution is -2.02. The van der Waals surface area contributed by atoms with E-state index in [0.29, 0.717) is 33.1 Å². The molecule has 43 heavy (non-hydrogen) atoms. The van der Waals surface area contributed by atoms with Gasteiger partial charge < -0.3 is 24.5 Å². The second-order valence-corrected chi connectivity index (χ2v) is 11.0. The lowest BCUT2D eigenvalue weighted by atomic mass is 10.1. The smallest absolute Gasteiger partial charge is 0.227 e. The van der Waals surface area contributed by atoms with Gasteiger partial charge in [0.1, 0.15) is 11.0 Å². The summed E-state index contributed by atoms with van der Waals surface area (Å²) in [5.74, 6) is 1.13. The average molecular weight is 614 g/mol. The van der Waals surface area contributed by atoms with Crippen LogP contribution in [0.2, 0.25) is 10.0 Å². The van der Waals surface area contributed by atoms with E-state index in [2.05, 4.69) is 44.7 Å². The molecular formula is C33H30Cl2N6O2. The maximum absolute atomic E-state index is 6.06. The summed E-state index contributed by atoms with van der Waals surface area (Å²) in [6, 6.07) is 22.7. The summed E-state index contributed by atoms with van der Waals surface area (Å²) < 4.78 is 13.7. The summed E-state index contributed by atoms with van der Waals surface area (Å²) >= 11 is 11.9. The van der Waals surface area contributed by atoms with Crippen LogP contribution < -0.4 is 11.1 Å². The molecule has 0 bridgehead atoms. The van der Waals surface area contributed by atoms with Crippen LogP contribution in [0.4, 0.5) is 11.4 Å². The number of aryl methyl sites for hydroxylation is 1. The van der Waals surface area contributed by atoms with Gasteiger partial charge in [-0.05, 0) is 85.6 Å². The topological polar surface area (TPSA) is 108 Å². The number of hydrogen-bond acceptors (Lipinski definition) is 7. The fourth-order valence-corrected chi connectivity index (χ4v) is 5.11. The summed E-state index contributed by atoms with van der Waals surface area (Å²) in [7, 11) is 0. The molecule has 218 valence electrons. The minimum absolute atomic E-state index is 0.543. The maximum atomic E-state index is 6.06. The van der Waals surface area contributed by atoms with E-state index in [1.165, 1.54) is 0 Å². The molecule has 0 saturated carbocycles. The van der Waals surface area contributed by atoms with Crippen molar-refractivity contribution >= 4 is 67.8 Å². The molecule has 0 aliphatic rings. The Kier molecular flexibility index (Phi) is 8.22. The van der Waals surface area contributed by atoms with Crippen LogP contribution in [0.15, 0.2) is 88.0 Å². The number of oxazole rings is 2. The zero-order valence-corrected chi connectivity index (χ0v) is 25.3. The number of anilines is 2. The number of nitrogen functional groups attached to an aromatic ring is 1. The molecule has 0 radical (unpaired) electrons. The van der Waals surface area contributed by atoms with E-state index >= 15 is 0 Å². The second-order valence-electron chi connectivity index (χ2n) is 10.1. The molecule has 8 nitrogen and oxygen atoms in total. The first-order chi connectivity index (χ1) is 20.9. The van der Waals surface area contributed by atoms with Crippen molar-refractivity contribution in [2.24, 2.45) is 0 Å². The Hall–Kier alpha value is -4.53. The first-order valence-corrected chi connectivity index (χ1v) is 14.9. The van der Waals surface area contributed by atoms with Crippen molar-refractivity contribution in [2.45, 2.75) is 33.2 Å². The second kappa shape index (κ2) is 12.4. The van der Waals surface area contributed by atoms with E-state index in [-0.39, 0.29) is 0 Å². The van der Waals surface area contributed by atoms with Crippen LogP contribution in [0.5, 0.6) is 0 Å². The Morgan fingerprint density at radius 2 is 1.37 bits per heavy atom. The summed E-state index contributed by atoms with van der Waals surface area (Å²) in [4.78, 5) is 13.4. The highest BCUT2D eigenvalue weighted by molar-refractivity contribution is 6.31. The minimum Gasteiger partial charge on any atom is -0.436 e. The molecule has 10 heteroatoms. The summed E-state index contributed by atoms with van der Waals surface area (Å²) in [6.07, 6.45) is 4.01. The predicted molar refractivity (Wildman–Crippen MR) is 176 cm³/mol. The van der Waals surface area contributed by atoms with Crippen LogP contribution >= 0.6 is 23.2 Å². The summed E-state index contributed by atoms with van der Waals surface area (Å²) in [5, 5.41) is 4.58. The predicted octanol–water partition coefficient (Wildman–Crippen LogP) is 9.46. The quantitative estimate of drug-likeness (QED) is 0.172. The Balaban J connectivity index is 0.000000153. The number of rotatable bonds is 7. The number of fused-ring (bicyclic) bond motifs is 3. The Morgan fingerprint density at radius 3 is 1.98 bits per heavy atom. The van der Waals surface area contributed by atoms with Crippen LogP contribution in [-0.2, 0) is 6.54 Å². The van der Waals surface area contributed by atoms with E-state index in [9.17, 15) is 0 Å². The number of halogens is 2. The molecule has 0 amide bonds. The van der Waals surface area contributed by atoms with E-state index in [4.69, 9.17) is 37.8 Å². The van der Waals surface area contributed by atoms with Gasteiger partial charge in [0.2, 0.25) is 11.8 Å². The van der Waals surface area contributed by atoms with Crippen molar-refractivity contribution in [1.82, 2.24) is 19.5 Å². The number of hydrogen-bond donors (Lipinski definition) is 2. The molecule has 3 heterocycles. The molecule has 0 unspecified atom stereocenters.